The van der Waals surface area contributed by atoms with Gasteiger partial charge in [-0.2, -0.15) is 0 Å². The van der Waals surface area contributed by atoms with Gasteiger partial charge in [-0.25, -0.2) is 4.98 Å². The summed E-state index contributed by atoms with van der Waals surface area (Å²) in [6.45, 7) is 2.65. The Hall–Kier alpha value is -1.08. The minimum Gasteiger partial charge on any atom is -0.468 e. The first kappa shape index (κ1) is 17.0. The average molecular weight is 316 g/mol. The zero-order chi connectivity index (χ0) is 14.8. The van der Waals surface area contributed by atoms with Crippen molar-refractivity contribution in [2.75, 3.05) is 25.2 Å². The second-order valence-corrected chi connectivity index (χ2v) is 6.26. The maximum absolute atomic E-state index is 11.5. The molecule has 0 bridgehead atoms. The van der Waals surface area contributed by atoms with Gasteiger partial charge in [-0.1, -0.05) is 0 Å². The van der Waals surface area contributed by atoms with Gasteiger partial charge in [-0.05, 0) is 13.3 Å². The topological polar surface area (TPSA) is 68.3 Å². The normalized spacial score (nSPS) is 10.3. The van der Waals surface area contributed by atoms with Gasteiger partial charge < -0.3 is 10.1 Å². The standard InChI is InChI=1S/C13H20N2O3S2/c1-10-8-20-12(15-10)4-3-6-14-11(16)5-7-19-9-13(17)18-2/h8H,3-7,9H2,1-2H3,(H,14,16). The molecule has 0 aliphatic carbocycles. The maximum atomic E-state index is 11.5. The summed E-state index contributed by atoms with van der Waals surface area (Å²) in [6, 6.07) is 0. The van der Waals surface area contributed by atoms with Crippen LogP contribution in [0.15, 0.2) is 5.38 Å². The lowest BCUT2D eigenvalue weighted by Gasteiger charge is -2.04. The van der Waals surface area contributed by atoms with Crippen LogP contribution in [0.1, 0.15) is 23.5 Å². The average Bonchev–Trinajstić information content (AvgIpc) is 2.85. The van der Waals surface area contributed by atoms with Crippen LogP contribution < -0.4 is 5.32 Å². The Kier molecular flexibility index (Phi) is 8.29. The van der Waals surface area contributed by atoms with Crippen molar-refractivity contribution in [3.8, 4) is 0 Å². The highest BCUT2D eigenvalue weighted by atomic mass is 32.2. The minimum absolute atomic E-state index is 0.0256. The van der Waals surface area contributed by atoms with Crippen molar-refractivity contribution in [1.82, 2.24) is 10.3 Å². The molecule has 112 valence electrons. The zero-order valence-electron chi connectivity index (χ0n) is 11.8. The molecule has 1 aromatic heterocycles. The molecule has 1 N–H and O–H groups in total. The molecule has 0 aliphatic heterocycles. The summed E-state index contributed by atoms with van der Waals surface area (Å²) >= 11 is 3.07. The highest BCUT2D eigenvalue weighted by molar-refractivity contribution is 7.99. The van der Waals surface area contributed by atoms with Crippen LogP contribution in [0.25, 0.3) is 0 Å². The summed E-state index contributed by atoms with van der Waals surface area (Å²) in [7, 11) is 1.36. The molecule has 1 aromatic rings. The molecule has 0 saturated heterocycles. The molecule has 0 aliphatic rings. The number of rotatable bonds is 9. The van der Waals surface area contributed by atoms with E-state index in [0.29, 0.717) is 24.5 Å². The number of amides is 1. The monoisotopic (exact) mass is 316 g/mol. The lowest BCUT2D eigenvalue weighted by atomic mass is 10.3. The fourth-order valence-electron chi connectivity index (χ4n) is 1.45. The van der Waals surface area contributed by atoms with E-state index in [1.165, 1.54) is 18.9 Å². The van der Waals surface area contributed by atoms with E-state index in [-0.39, 0.29) is 11.9 Å². The van der Waals surface area contributed by atoms with Crippen LogP contribution in [0.2, 0.25) is 0 Å². The zero-order valence-corrected chi connectivity index (χ0v) is 13.4. The summed E-state index contributed by atoms with van der Waals surface area (Å²) in [4.78, 5) is 26.7. The number of carbonyl (C=O) groups excluding carboxylic acids is 2. The van der Waals surface area contributed by atoms with Gasteiger partial charge in [0, 0.05) is 36.2 Å². The van der Waals surface area contributed by atoms with E-state index in [2.05, 4.69) is 15.0 Å². The third kappa shape index (κ3) is 7.49. The van der Waals surface area contributed by atoms with Crippen molar-refractivity contribution in [3.05, 3.63) is 16.1 Å². The lowest BCUT2D eigenvalue weighted by molar-refractivity contribution is -0.137. The fourth-order valence-corrected chi connectivity index (χ4v) is 3.03. The molecule has 0 unspecified atom stereocenters. The SMILES string of the molecule is COC(=O)CSCCC(=O)NCCCc1nc(C)cs1. The number of aryl methyl sites for hydroxylation is 2. The van der Waals surface area contributed by atoms with Crippen LogP contribution in [-0.2, 0) is 20.7 Å². The summed E-state index contributed by atoms with van der Waals surface area (Å²) in [5.41, 5.74) is 1.05. The van der Waals surface area contributed by atoms with E-state index in [1.54, 1.807) is 11.3 Å². The largest absolute Gasteiger partial charge is 0.468 e. The molecule has 0 atom stereocenters. The van der Waals surface area contributed by atoms with Crippen molar-refractivity contribution >= 4 is 35.0 Å². The Morgan fingerprint density at radius 2 is 2.30 bits per heavy atom. The molecule has 5 nitrogen and oxygen atoms in total. The number of aromatic nitrogens is 1. The van der Waals surface area contributed by atoms with Crippen molar-refractivity contribution < 1.29 is 14.3 Å². The molecule has 0 radical (unpaired) electrons. The van der Waals surface area contributed by atoms with Gasteiger partial charge in [0.05, 0.1) is 17.9 Å². The van der Waals surface area contributed by atoms with E-state index in [4.69, 9.17) is 0 Å². The summed E-state index contributed by atoms with van der Waals surface area (Å²) in [6.07, 6.45) is 2.22. The van der Waals surface area contributed by atoms with Gasteiger partial charge in [0.1, 0.15) is 0 Å². The molecule has 7 heteroatoms. The third-order valence-corrected chi connectivity index (χ3v) is 4.44. The number of carbonyl (C=O) groups is 2. The molecular formula is C13H20N2O3S2. The third-order valence-electron chi connectivity index (χ3n) is 2.48. The second-order valence-electron chi connectivity index (χ2n) is 4.21. The first-order chi connectivity index (χ1) is 9.61. The van der Waals surface area contributed by atoms with Crippen LogP contribution in [0, 0.1) is 6.92 Å². The Morgan fingerprint density at radius 3 is 2.95 bits per heavy atom. The number of hydrogen-bond acceptors (Lipinski definition) is 6. The first-order valence-electron chi connectivity index (χ1n) is 6.44. The van der Waals surface area contributed by atoms with Crippen molar-refractivity contribution in [3.63, 3.8) is 0 Å². The number of nitrogens with zero attached hydrogens (tertiary/aromatic N) is 1. The number of methoxy groups -OCH3 is 1. The maximum Gasteiger partial charge on any atom is 0.315 e. The quantitative estimate of drug-likeness (QED) is 0.556. The number of ether oxygens (including phenoxy) is 1. The number of esters is 1. The molecule has 0 fully saturated rings. The van der Waals surface area contributed by atoms with Crippen LogP contribution in [0.4, 0.5) is 0 Å². The summed E-state index contributed by atoms with van der Waals surface area (Å²) < 4.78 is 4.52. The highest BCUT2D eigenvalue weighted by Crippen LogP contribution is 2.10. The number of thioether (sulfide) groups is 1. The van der Waals surface area contributed by atoms with Gasteiger partial charge in [0.2, 0.25) is 5.91 Å². The van der Waals surface area contributed by atoms with Gasteiger partial charge in [0.25, 0.3) is 0 Å². The van der Waals surface area contributed by atoms with E-state index in [0.717, 1.165) is 23.5 Å². The van der Waals surface area contributed by atoms with Crippen LogP contribution in [-0.4, -0.2) is 42.0 Å². The smallest absolute Gasteiger partial charge is 0.315 e. The first-order valence-corrected chi connectivity index (χ1v) is 8.47. The second kappa shape index (κ2) is 9.77. The van der Waals surface area contributed by atoms with Crippen molar-refractivity contribution in [2.45, 2.75) is 26.2 Å². The molecule has 0 spiro atoms. The molecule has 1 heterocycles. The molecule has 1 rings (SSSR count). The predicted octanol–water partition coefficient (Wildman–Crippen LogP) is 1.80. The van der Waals surface area contributed by atoms with Crippen molar-refractivity contribution in [1.29, 1.82) is 0 Å². The van der Waals surface area contributed by atoms with E-state index >= 15 is 0 Å². The van der Waals surface area contributed by atoms with Gasteiger partial charge >= 0.3 is 5.97 Å². The molecular weight excluding hydrogens is 296 g/mol. The van der Waals surface area contributed by atoms with Gasteiger partial charge in [0.15, 0.2) is 0 Å². The van der Waals surface area contributed by atoms with Gasteiger partial charge in [-0.3, -0.25) is 9.59 Å². The number of nitrogens with one attached hydrogen (secondary N) is 1. The van der Waals surface area contributed by atoms with Crippen molar-refractivity contribution in [2.24, 2.45) is 0 Å². The lowest BCUT2D eigenvalue weighted by Crippen LogP contribution is -2.25. The van der Waals surface area contributed by atoms with Crippen LogP contribution >= 0.6 is 23.1 Å². The molecule has 1 amide bonds. The predicted molar refractivity (Wildman–Crippen MR) is 82.1 cm³/mol. The highest BCUT2D eigenvalue weighted by Gasteiger charge is 2.04. The Labute approximate surface area is 127 Å². The number of hydrogen-bond donors (Lipinski definition) is 1. The Morgan fingerprint density at radius 1 is 1.50 bits per heavy atom. The number of thiazole rings is 1. The summed E-state index contributed by atoms with van der Waals surface area (Å²) in [5.74, 6) is 0.701. The van der Waals surface area contributed by atoms with Crippen LogP contribution in [0.5, 0.6) is 0 Å². The summed E-state index contributed by atoms with van der Waals surface area (Å²) in [5, 5.41) is 6.02. The van der Waals surface area contributed by atoms with E-state index in [9.17, 15) is 9.59 Å². The molecule has 20 heavy (non-hydrogen) atoms. The van der Waals surface area contributed by atoms with Gasteiger partial charge in [-0.15, -0.1) is 23.1 Å². The molecule has 0 aromatic carbocycles. The Balaban J connectivity index is 1.98. The fraction of sp³-hybridized carbons (Fsp3) is 0.615. The van der Waals surface area contributed by atoms with E-state index in [1.807, 2.05) is 12.3 Å². The Bertz CT molecular complexity index is 435. The van der Waals surface area contributed by atoms with Crippen LogP contribution in [0.3, 0.4) is 0 Å². The van der Waals surface area contributed by atoms with E-state index < -0.39 is 0 Å². The molecule has 0 saturated carbocycles. The minimum atomic E-state index is -0.255.